The lowest BCUT2D eigenvalue weighted by atomic mass is 10.4. The minimum atomic E-state index is 0.750. The van der Waals surface area contributed by atoms with E-state index in [1.54, 1.807) is 0 Å². The molecule has 0 aliphatic carbocycles. The van der Waals surface area contributed by atoms with Crippen molar-refractivity contribution in [2.45, 2.75) is 6.42 Å². The van der Waals surface area contributed by atoms with Gasteiger partial charge in [0.25, 0.3) is 0 Å². The van der Waals surface area contributed by atoms with Gasteiger partial charge in [0.2, 0.25) is 0 Å². The van der Waals surface area contributed by atoms with Gasteiger partial charge in [-0.15, -0.1) is 0 Å². The largest absolute Gasteiger partial charge is 0.330 e. The lowest BCUT2D eigenvalue weighted by Crippen LogP contribution is -2.04. The van der Waals surface area contributed by atoms with Crippen molar-refractivity contribution in [3.8, 4) is 0 Å². The van der Waals surface area contributed by atoms with Gasteiger partial charge in [0.15, 0.2) is 0 Å². The minimum absolute atomic E-state index is 0.750. The molecule has 0 fully saturated rings. The molecule has 8 heavy (non-hydrogen) atoms. The topological polar surface area (TPSA) is 38.0 Å². The van der Waals surface area contributed by atoms with E-state index in [0.717, 1.165) is 19.5 Å². The monoisotopic (exact) mass is 114 g/mol. The average molecular weight is 114 g/mol. The molecule has 0 heterocycles. The van der Waals surface area contributed by atoms with Gasteiger partial charge in [0.1, 0.15) is 0 Å². The van der Waals surface area contributed by atoms with Crippen LogP contribution in [-0.2, 0) is 0 Å². The quantitative estimate of drug-likeness (QED) is 0.509. The molecule has 0 aromatic heterocycles. The SMILES string of the molecule is CNCC=CCCN. The number of rotatable bonds is 4. The number of likely N-dealkylation sites (N-methyl/N-ethyl adjacent to an activating group) is 1. The Hall–Kier alpha value is -0.340. The molecule has 0 aromatic rings. The summed E-state index contributed by atoms with van der Waals surface area (Å²) in [5.41, 5.74) is 5.24. The zero-order valence-electron chi connectivity index (χ0n) is 5.35. The van der Waals surface area contributed by atoms with Gasteiger partial charge in [-0.1, -0.05) is 12.2 Å². The van der Waals surface area contributed by atoms with E-state index in [9.17, 15) is 0 Å². The number of hydrogen-bond acceptors (Lipinski definition) is 2. The number of nitrogens with two attached hydrogens (primary N) is 1. The fourth-order valence-corrected chi connectivity index (χ4v) is 0.415. The predicted octanol–water partition coefficient (Wildman–Crippen LogP) is 0.111. The summed E-state index contributed by atoms with van der Waals surface area (Å²) >= 11 is 0. The molecule has 2 nitrogen and oxygen atoms in total. The maximum atomic E-state index is 5.24. The molecule has 0 saturated heterocycles. The van der Waals surface area contributed by atoms with Gasteiger partial charge in [0, 0.05) is 6.54 Å². The third-order valence-electron chi connectivity index (χ3n) is 0.822. The first-order chi connectivity index (χ1) is 3.91. The second kappa shape index (κ2) is 6.66. The Labute approximate surface area is 50.8 Å². The fraction of sp³-hybridized carbons (Fsp3) is 0.667. The molecule has 0 rings (SSSR count). The standard InChI is InChI=1S/C6H14N2/c1-8-6-4-2-3-5-7/h2,4,8H,3,5-7H2,1H3. The van der Waals surface area contributed by atoms with Crippen molar-refractivity contribution in [1.82, 2.24) is 5.32 Å². The summed E-state index contributed by atoms with van der Waals surface area (Å²) in [6, 6.07) is 0. The molecule has 0 aromatic carbocycles. The van der Waals surface area contributed by atoms with E-state index in [0.29, 0.717) is 0 Å². The van der Waals surface area contributed by atoms with Crippen molar-refractivity contribution in [1.29, 1.82) is 0 Å². The summed E-state index contributed by atoms with van der Waals surface area (Å²) in [4.78, 5) is 0. The first kappa shape index (κ1) is 7.66. The van der Waals surface area contributed by atoms with Crippen LogP contribution in [0.2, 0.25) is 0 Å². The van der Waals surface area contributed by atoms with Gasteiger partial charge in [-0.05, 0) is 20.0 Å². The Kier molecular flexibility index (Phi) is 6.38. The van der Waals surface area contributed by atoms with E-state index in [-0.39, 0.29) is 0 Å². The third kappa shape index (κ3) is 5.66. The van der Waals surface area contributed by atoms with Gasteiger partial charge in [-0.25, -0.2) is 0 Å². The number of nitrogens with one attached hydrogen (secondary N) is 1. The summed E-state index contributed by atoms with van der Waals surface area (Å²) in [5.74, 6) is 0. The molecule has 0 aliphatic heterocycles. The van der Waals surface area contributed by atoms with Crippen LogP contribution < -0.4 is 11.1 Å². The predicted molar refractivity (Wildman–Crippen MR) is 36.7 cm³/mol. The van der Waals surface area contributed by atoms with Crippen LogP contribution in [0.4, 0.5) is 0 Å². The van der Waals surface area contributed by atoms with Crippen molar-refractivity contribution in [2.75, 3.05) is 20.1 Å². The van der Waals surface area contributed by atoms with Crippen LogP contribution in [0, 0.1) is 0 Å². The van der Waals surface area contributed by atoms with Gasteiger partial charge < -0.3 is 11.1 Å². The van der Waals surface area contributed by atoms with E-state index in [4.69, 9.17) is 5.73 Å². The van der Waals surface area contributed by atoms with Crippen LogP contribution in [-0.4, -0.2) is 20.1 Å². The van der Waals surface area contributed by atoms with Crippen LogP contribution >= 0.6 is 0 Å². The first-order valence-electron chi connectivity index (χ1n) is 2.91. The summed E-state index contributed by atoms with van der Waals surface area (Å²) in [6.07, 6.45) is 5.14. The molecule has 0 unspecified atom stereocenters. The Balaban J connectivity index is 2.83. The summed E-state index contributed by atoms with van der Waals surface area (Å²) in [5, 5.41) is 3.00. The Morgan fingerprint density at radius 3 is 2.75 bits per heavy atom. The third-order valence-corrected chi connectivity index (χ3v) is 0.822. The normalized spacial score (nSPS) is 10.8. The van der Waals surface area contributed by atoms with Crippen molar-refractivity contribution in [3.05, 3.63) is 12.2 Å². The highest BCUT2D eigenvalue weighted by atomic mass is 14.8. The molecular weight excluding hydrogens is 100 g/mol. The van der Waals surface area contributed by atoms with E-state index in [1.807, 2.05) is 7.05 Å². The van der Waals surface area contributed by atoms with Crippen LogP contribution in [0.25, 0.3) is 0 Å². The van der Waals surface area contributed by atoms with E-state index >= 15 is 0 Å². The zero-order valence-corrected chi connectivity index (χ0v) is 5.35. The highest BCUT2D eigenvalue weighted by Gasteiger charge is 1.70. The van der Waals surface area contributed by atoms with Crippen LogP contribution in [0.5, 0.6) is 0 Å². The number of hydrogen-bond donors (Lipinski definition) is 2. The molecule has 2 heteroatoms. The molecule has 0 amide bonds. The highest BCUT2D eigenvalue weighted by Crippen LogP contribution is 1.75. The van der Waals surface area contributed by atoms with Gasteiger partial charge in [-0.3, -0.25) is 0 Å². The Morgan fingerprint density at radius 1 is 1.50 bits per heavy atom. The molecule has 0 bridgehead atoms. The summed E-state index contributed by atoms with van der Waals surface area (Å²) in [7, 11) is 1.92. The molecule has 48 valence electrons. The lowest BCUT2D eigenvalue weighted by Gasteiger charge is -1.86. The molecule has 0 atom stereocenters. The second-order valence-electron chi connectivity index (χ2n) is 1.61. The van der Waals surface area contributed by atoms with Crippen molar-refractivity contribution in [2.24, 2.45) is 5.73 Å². The maximum absolute atomic E-state index is 5.24. The van der Waals surface area contributed by atoms with Gasteiger partial charge >= 0.3 is 0 Å². The molecule has 3 N–H and O–H groups in total. The van der Waals surface area contributed by atoms with Crippen LogP contribution in [0.1, 0.15) is 6.42 Å². The first-order valence-corrected chi connectivity index (χ1v) is 2.91. The molecule has 0 radical (unpaired) electrons. The van der Waals surface area contributed by atoms with Crippen LogP contribution in [0.15, 0.2) is 12.2 Å². The summed E-state index contributed by atoms with van der Waals surface area (Å²) in [6.45, 7) is 1.69. The maximum Gasteiger partial charge on any atom is 0.0131 e. The summed E-state index contributed by atoms with van der Waals surface area (Å²) < 4.78 is 0. The van der Waals surface area contributed by atoms with Crippen molar-refractivity contribution in [3.63, 3.8) is 0 Å². The van der Waals surface area contributed by atoms with E-state index < -0.39 is 0 Å². The highest BCUT2D eigenvalue weighted by molar-refractivity contribution is 4.82. The van der Waals surface area contributed by atoms with Crippen LogP contribution in [0.3, 0.4) is 0 Å². The molecule has 0 saturated carbocycles. The van der Waals surface area contributed by atoms with E-state index in [2.05, 4.69) is 17.5 Å². The van der Waals surface area contributed by atoms with Crippen molar-refractivity contribution >= 4 is 0 Å². The van der Waals surface area contributed by atoms with E-state index in [1.165, 1.54) is 0 Å². The smallest absolute Gasteiger partial charge is 0.0131 e. The molecule has 0 aliphatic rings. The Morgan fingerprint density at radius 2 is 2.25 bits per heavy atom. The Bertz CT molecular complexity index is 51.5. The molecular formula is C6H14N2. The fourth-order valence-electron chi connectivity index (χ4n) is 0.415. The second-order valence-corrected chi connectivity index (χ2v) is 1.61. The van der Waals surface area contributed by atoms with Crippen molar-refractivity contribution < 1.29 is 0 Å². The van der Waals surface area contributed by atoms with Gasteiger partial charge in [0.05, 0.1) is 0 Å². The average Bonchev–Trinajstić information content (AvgIpc) is 1.81. The zero-order chi connectivity index (χ0) is 6.24. The lowest BCUT2D eigenvalue weighted by molar-refractivity contribution is 0.909. The minimum Gasteiger partial charge on any atom is -0.330 e. The van der Waals surface area contributed by atoms with Gasteiger partial charge in [-0.2, -0.15) is 0 Å². The molecule has 0 spiro atoms.